The third-order valence-corrected chi connectivity index (χ3v) is 4.89. The van der Waals surface area contributed by atoms with Crippen LogP contribution in [-0.2, 0) is 14.3 Å². The molecule has 1 aliphatic carbocycles. The van der Waals surface area contributed by atoms with E-state index in [1.165, 1.54) is 13.8 Å². The zero-order valence-electron chi connectivity index (χ0n) is 16.3. The normalized spacial score (nSPS) is 14.3. The zero-order chi connectivity index (χ0) is 21.0. The van der Waals surface area contributed by atoms with Gasteiger partial charge in [-0.25, -0.2) is 4.79 Å². The Kier molecular flexibility index (Phi) is 6.29. The number of hydrogen-bond acceptors (Lipinski definition) is 5. The van der Waals surface area contributed by atoms with E-state index in [0.29, 0.717) is 0 Å². The van der Waals surface area contributed by atoms with Gasteiger partial charge in [0, 0.05) is 5.92 Å². The quantitative estimate of drug-likeness (QED) is 0.664. The van der Waals surface area contributed by atoms with Crippen molar-refractivity contribution >= 4 is 17.8 Å². The number of carbonyl (C=O) groups excluding carboxylic acids is 3. The minimum atomic E-state index is -1.22. The van der Waals surface area contributed by atoms with Crippen LogP contribution in [0.3, 0.4) is 0 Å². The Bertz CT molecular complexity index is 879. The van der Waals surface area contributed by atoms with Crippen LogP contribution < -0.4 is 10.6 Å². The molecule has 0 saturated heterocycles. The van der Waals surface area contributed by atoms with E-state index in [1.807, 2.05) is 48.5 Å². The molecule has 2 aromatic carbocycles. The molecule has 1 aliphatic rings. The summed E-state index contributed by atoms with van der Waals surface area (Å²) in [5.41, 5.74) is 4.38. The van der Waals surface area contributed by atoms with Crippen LogP contribution in [0.1, 0.15) is 30.9 Å². The second-order valence-electron chi connectivity index (χ2n) is 7.11. The van der Waals surface area contributed by atoms with E-state index in [-0.39, 0.29) is 24.9 Å². The number of nitrogens with one attached hydrogen (secondary N) is 2. The number of Topliss-reactive ketones (excluding diaryl/α,β-unsaturated/α-hetero) is 1. The monoisotopic (exact) mass is 396 g/mol. The van der Waals surface area contributed by atoms with E-state index in [4.69, 9.17) is 4.74 Å². The Hall–Kier alpha value is -3.19. The number of aliphatic hydroxyl groups excluding tert-OH is 1. The van der Waals surface area contributed by atoms with Crippen molar-refractivity contribution in [1.82, 2.24) is 10.6 Å². The number of hydrogen-bond donors (Lipinski definition) is 3. The third-order valence-electron chi connectivity index (χ3n) is 4.89. The number of benzene rings is 2. The molecular formula is C22H24N2O5. The number of rotatable bonds is 7. The van der Waals surface area contributed by atoms with E-state index in [0.717, 1.165) is 22.3 Å². The van der Waals surface area contributed by atoms with Gasteiger partial charge in [-0.15, -0.1) is 0 Å². The fourth-order valence-electron chi connectivity index (χ4n) is 3.49. The number of carbonyl (C=O) groups is 3. The Labute approximate surface area is 169 Å². The van der Waals surface area contributed by atoms with Crippen molar-refractivity contribution in [2.75, 3.05) is 13.2 Å². The lowest BCUT2D eigenvalue weighted by Crippen LogP contribution is -2.53. The van der Waals surface area contributed by atoms with Gasteiger partial charge in [-0.3, -0.25) is 9.59 Å². The second-order valence-corrected chi connectivity index (χ2v) is 7.11. The summed E-state index contributed by atoms with van der Waals surface area (Å²) in [6.07, 6.45) is -1.96. The summed E-state index contributed by atoms with van der Waals surface area (Å²) >= 11 is 0. The van der Waals surface area contributed by atoms with Crippen molar-refractivity contribution in [3.63, 3.8) is 0 Å². The predicted octanol–water partition coefficient (Wildman–Crippen LogP) is 1.98. The summed E-state index contributed by atoms with van der Waals surface area (Å²) < 4.78 is 5.39. The average Bonchev–Trinajstić information content (AvgIpc) is 3.02. The first-order chi connectivity index (χ1) is 13.9. The van der Waals surface area contributed by atoms with Crippen LogP contribution in [0, 0.1) is 0 Å². The molecule has 2 atom stereocenters. The highest BCUT2D eigenvalue weighted by Crippen LogP contribution is 2.44. The molecule has 29 heavy (non-hydrogen) atoms. The van der Waals surface area contributed by atoms with Gasteiger partial charge in [0.25, 0.3) is 0 Å². The lowest BCUT2D eigenvalue weighted by Gasteiger charge is -2.21. The molecule has 0 radical (unpaired) electrons. The van der Waals surface area contributed by atoms with Crippen molar-refractivity contribution < 1.29 is 24.2 Å². The van der Waals surface area contributed by atoms with Gasteiger partial charge in [-0.2, -0.15) is 0 Å². The number of alkyl carbamates (subject to hydrolysis) is 1. The first-order valence-electron chi connectivity index (χ1n) is 9.45. The summed E-state index contributed by atoms with van der Waals surface area (Å²) in [4.78, 5) is 35.4. The topological polar surface area (TPSA) is 105 Å². The molecule has 0 saturated carbocycles. The summed E-state index contributed by atoms with van der Waals surface area (Å²) in [6, 6.07) is 14.7. The van der Waals surface area contributed by atoms with Crippen LogP contribution in [0.5, 0.6) is 0 Å². The van der Waals surface area contributed by atoms with Crippen molar-refractivity contribution in [3.8, 4) is 11.1 Å². The predicted molar refractivity (Wildman–Crippen MR) is 107 cm³/mol. The molecule has 3 N–H and O–H groups in total. The lowest BCUT2D eigenvalue weighted by molar-refractivity contribution is -0.127. The highest BCUT2D eigenvalue weighted by atomic mass is 16.5. The van der Waals surface area contributed by atoms with E-state index in [1.54, 1.807) is 0 Å². The van der Waals surface area contributed by atoms with Gasteiger partial charge in [0.1, 0.15) is 18.4 Å². The second kappa shape index (κ2) is 8.87. The lowest BCUT2D eigenvalue weighted by atomic mass is 9.98. The van der Waals surface area contributed by atoms with Gasteiger partial charge < -0.3 is 20.5 Å². The maximum atomic E-state index is 12.3. The maximum absolute atomic E-state index is 12.3. The molecule has 7 nitrogen and oxygen atoms in total. The molecule has 0 aliphatic heterocycles. The first kappa shape index (κ1) is 20.5. The zero-order valence-corrected chi connectivity index (χ0v) is 16.3. The van der Waals surface area contributed by atoms with Crippen LogP contribution in [0.4, 0.5) is 4.79 Å². The number of aliphatic hydroxyl groups is 1. The smallest absolute Gasteiger partial charge is 0.407 e. The van der Waals surface area contributed by atoms with E-state index >= 15 is 0 Å². The molecule has 0 heterocycles. The Morgan fingerprint density at radius 2 is 1.59 bits per heavy atom. The van der Waals surface area contributed by atoms with Gasteiger partial charge in [0.2, 0.25) is 5.91 Å². The third kappa shape index (κ3) is 4.63. The Balaban J connectivity index is 1.66. The van der Waals surface area contributed by atoms with E-state index in [2.05, 4.69) is 10.6 Å². The van der Waals surface area contributed by atoms with Crippen molar-refractivity contribution in [2.45, 2.75) is 31.9 Å². The SMILES string of the molecule is CC(=O)CNC(=O)C(NC(=O)OCC1c2ccccc2-c2ccccc21)C(C)O. The molecule has 0 bridgehead atoms. The van der Waals surface area contributed by atoms with Crippen LogP contribution >= 0.6 is 0 Å². The van der Waals surface area contributed by atoms with Gasteiger partial charge in [0.05, 0.1) is 12.6 Å². The van der Waals surface area contributed by atoms with Gasteiger partial charge in [0.15, 0.2) is 0 Å². The van der Waals surface area contributed by atoms with Crippen molar-refractivity contribution in [1.29, 1.82) is 0 Å². The van der Waals surface area contributed by atoms with Crippen LogP contribution in [-0.4, -0.2) is 48.2 Å². The average molecular weight is 396 g/mol. The first-order valence-corrected chi connectivity index (χ1v) is 9.45. The molecule has 7 heteroatoms. The van der Waals surface area contributed by atoms with Gasteiger partial charge >= 0.3 is 6.09 Å². The number of ether oxygens (including phenoxy) is 1. The van der Waals surface area contributed by atoms with Crippen molar-refractivity contribution in [3.05, 3.63) is 59.7 Å². The molecule has 3 rings (SSSR count). The molecule has 152 valence electrons. The summed E-state index contributed by atoms with van der Waals surface area (Å²) in [5.74, 6) is -0.989. The number of fused-ring (bicyclic) bond motifs is 3. The molecular weight excluding hydrogens is 372 g/mol. The van der Waals surface area contributed by atoms with E-state index < -0.39 is 24.1 Å². The van der Waals surface area contributed by atoms with Crippen molar-refractivity contribution in [2.24, 2.45) is 0 Å². The van der Waals surface area contributed by atoms with Crippen LogP contribution in [0.2, 0.25) is 0 Å². The summed E-state index contributed by atoms with van der Waals surface area (Å²) in [5, 5.41) is 14.6. The highest BCUT2D eigenvalue weighted by molar-refractivity contribution is 5.89. The standard InChI is InChI=1S/C22H24N2O5/c1-13(25)11-23-21(27)20(14(2)26)24-22(28)29-12-19-17-9-5-3-7-15(17)16-8-4-6-10-18(16)19/h3-10,14,19-20,26H,11-12H2,1-2H3,(H,23,27)(H,24,28). The summed E-state index contributed by atoms with van der Waals surface area (Å²) in [7, 11) is 0. The summed E-state index contributed by atoms with van der Waals surface area (Å²) in [6.45, 7) is 2.63. The molecule has 2 amide bonds. The largest absolute Gasteiger partial charge is 0.449 e. The molecule has 0 aromatic heterocycles. The molecule has 0 fully saturated rings. The maximum Gasteiger partial charge on any atom is 0.407 e. The minimum Gasteiger partial charge on any atom is -0.449 e. The van der Waals surface area contributed by atoms with Crippen LogP contribution in [0.25, 0.3) is 11.1 Å². The fraction of sp³-hybridized carbons (Fsp3) is 0.318. The Morgan fingerprint density at radius 3 is 2.10 bits per heavy atom. The highest BCUT2D eigenvalue weighted by Gasteiger charge is 2.30. The van der Waals surface area contributed by atoms with Gasteiger partial charge in [-0.1, -0.05) is 48.5 Å². The Morgan fingerprint density at radius 1 is 1.03 bits per heavy atom. The van der Waals surface area contributed by atoms with Gasteiger partial charge in [-0.05, 0) is 36.1 Å². The number of amides is 2. The molecule has 2 unspecified atom stereocenters. The molecule has 2 aromatic rings. The molecule has 0 spiro atoms. The van der Waals surface area contributed by atoms with Crippen LogP contribution in [0.15, 0.2) is 48.5 Å². The number of ketones is 1. The minimum absolute atomic E-state index is 0.0987. The fourth-order valence-corrected chi connectivity index (χ4v) is 3.49. The van der Waals surface area contributed by atoms with E-state index in [9.17, 15) is 19.5 Å².